The molecule has 0 fully saturated rings. The molecule has 0 aliphatic carbocycles. The number of imidazole rings is 1. The second kappa shape index (κ2) is 3.18. The van der Waals surface area contributed by atoms with Crippen LogP contribution in [0.5, 0.6) is 0 Å². The van der Waals surface area contributed by atoms with E-state index in [0.29, 0.717) is 11.1 Å². The molecule has 3 rings (SSSR count). The molecule has 0 bridgehead atoms. The second-order valence-electron chi connectivity index (χ2n) is 3.60. The van der Waals surface area contributed by atoms with Gasteiger partial charge in [0.1, 0.15) is 0 Å². The number of nitrogens with zero attached hydrogens (tertiary/aromatic N) is 3. The fourth-order valence-corrected chi connectivity index (χ4v) is 1.85. The van der Waals surface area contributed by atoms with E-state index in [9.17, 15) is 9.59 Å². The van der Waals surface area contributed by atoms with Crippen LogP contribution in [-0.2, 0) is 0 Å². The number of hydrogen-bond donors (Lipinski definition) is 1. The molecule has 0 spiro atoms. The lowest BCUT2D eigenvalue weighted by Crippen LogP contribution is -2.40. The molecule has 0 saturated heterocycles. The average molecular weight is 228 g/mol. The van der Waals surface area contributed by atoms with E-state index in [1.165, 1.54) is 17.1 Å². The maximum atomic E-state index is 12.1. The minimum Gasteiger partial charge on any atom is -0.368 e. The lowest BCUT2D eigenvalue weighted by atomic mass is 10.1. The van der Waals surface area contributed by atoms with Crippen molar-refractivity contribution in [2.24, 2.45) is 0 Å². The minimum atomic E-state index is -0.393. The van der Waals surface area contributed by atoms with Crippen molar-refractivity contribution in [3.8, 4) is 0 Å². The quantitative estimate of drug-likeness (QED) is 0.716. The Morgan fingerprint density at radius 1 is 1.06 bits per heavy atom. The third-order valence-corrected chi connectivity index (χ3v) is 2.64. The van der Waals surface area contributed by atoms with Gasteiger partial charge in [-0.3, -0.25) is 9.59 Å². The highest BCUT2D eigenvalue weighted by atomic mass is 16.2. The summed E-state index contributed by atoms with van der Waals surface area (Å²) in [5, 5.41) is 0.979. The first-order valence-corrected chi connectivity index (χ1v) is 4.97. The molecule has 1 aliphatic heterocycles. The van der Waals surface area contributed by atoms with Crippen LogP contribution in [0, 0.1) is 0 Å². The maximum absolute atomic E-state index is 12.1. The molecule has 6 nitrogen and oxygen atoms in total. The second-order valence-corrected chi connectivity index (χ2v) is 3.60. The van der Waals surface area contributed by atoms with Crippen molar-refractivity contribution in [3.05, 3.63) is 47.8 Å². The van der Waals surface area contributed by atoms with Gasteiger partial charge in [0.15, 0.2) is 0 Å². The van der Waals surface area contributed by atoms with E-state index in [2.05, 4.69) is 4.98 Å². The molecule has 6 heteroatoms. The molecule has 2 N–H and O–H groups in total. The molecule has 1 aromatic heterocycles. The number of amides is 2. The third-order valence-electron chi connectivity index (χ3n) is 2.64. The first-order valence-electron chi connectivity index (χ1n) is 4.97. The number of aromatic nitrogens is 2. The largest absolute Gasteiger partial charge is 0.368 e. The van der Waals surface area contributed by atoms with Crippen molar-refractivity contribution < 1.29 is 9.59 Å². The number of carbonyl (C=O) groups excluding carboxylic acids is 2. The molecule has 2 amide bonds. The van der Waals surface area contributed by atoms with Gasteiger partial charge >= 0.3 is 0 Å². The van der Waals surface area contributed by atoms with Gasteiger partial charge in [-0.05, 0) is 12.1 Å². The highest BCUT2D eigenvalue weighted by molar-refractivity contribution is 6.30. The summed E-state index contributed by atoms with van der Waals surface area (Å²) in [6.45, 7) is 0. The summed E-state index contributed by atoms with van der Waals surface area (Å²) in [5.41, 5.74) is 6.35. The van der Waals surface area contributed by atoms with Gasteiger partial charge in [0.05, 0.1) is 11.1 Å². The predicted molar refractivity (Wildman–Crippen MR) is 60.0 cm³/mol. The Kier molecular flexibility index (Phi) is 1.79. The van der Waals surface area contributed by atoms with Gasteiger partial charge in [0.25, 0.3) is 11.8 Å². The summed E-state index contributed by atoms with van der Waals surface area (Å²) in [6, 6.07) is 6.65. The van der Waals surface area contributed by atoms with Gasteiger partial charge in [-0.2, -0.15) is 5.01 Å². The Morgan fingerprint density at radius 3 is 2.12 bits per heavy atom. The van der Waals surface area contributed by atoms with Gasteiger partial charge in [-0.1, -0.05) is 12.1 Å². The Bertz CT molecular complexity index is 597. The highest BCUT2D eigenvalue weighted by Gasteiger charge is 2.37. The Morgan fingerprint density at radius 2 is 1.65 bits per heavy atom. The van der Waals surface area contributed by atoms with E-state index >= 15 is 0 Å². The molecule has 84 valence electrons. The third kappa shape index (κ3) is 1.17. The van der Waals surface area contributed by atoms with Crippen LogP contribution in [0.1, 0.15) is 20.7 Å². The molecule has 2 aromatic rings. The van der Waals surface area contributed by atoms with E-state index in [0.717, 1.165) is 5.01 Å². The number of nitrogen functional groups attached to an aromatic ring is 1. The first kappa shape index (κ1) is 9.59. The molecule has 0 radical (unpaired) electrons. The van der Waals surface area contributed by atoms with Crippen LogP contribution < -0.4 is 10.7 Å². The van der Waals surface area contributed by atoms with Gasteiger partial charge in [0.2, 0.25) is 5.95 Å². The maximum Gasteiger partial charge on any atom is 0.281 e. The Hall–Kier alpha value is -2.63. The Balaban J connectivity index is 2.16. The lowest BCUT2D eigenvalue weighted by molar-refractivity contribution is 0.0887. The summed E-state index contributed by atoms with van der Waals surface area (Å²) in [5.74, 6) is -0.690. The van der Waals surface area contributed by atoms with Gasteiger partial charge in [-0.15, -0.1) is 0 Å². The summed E-state index contributed by atoms with van der Waals surface area (Å²) >= 11 is 0. The fraction of sp³-hybridized carbons (Fsp3) is 0. The van der Waals surface area contributed by atoms with Crippen LogP contribution in [0.25, 0.3) is 0 Å². The van der Waals surface area contributed by atoms with Crippen molar-refractivity contribution in [1.82, 2.24) is 9.66 Å². The number of nitrogens with two attached hydrogens (primary N) is 1. The zero-order chi connectivity index (χ0) is 12.0. The van der Waals surface area contributed by atoms with Crippen LogP contribution in [0.15, 0.2) is 36.7 Å². The molecular weight excluding hydrogens is 220 g/mol. The van der Waals surface area contributed by atoms with Crippen molar-refractivity contribution in [2.45, 2.75) is 0 Å². The SMILES string of the molecule is Nc1nccn1N1C(=O)c2ccccc2C1=O. The van der Waals surface area contributed by atoms with E-state index in [-0.39, 0.29) is 5.95 Å². The smallest absolute Gasteiger partial charge is 0.281 e. The van der Waals surface area contributed by atoms with Crippen molar-refractivity contribution >= 4 is 17.8 Å². The van der Waals surface area contributed by atoms with E-state index in [1.807, 2.05) is 0 Å². The number of imide groups is 1. The predicted octanol–water partition coefficient (Wildman–Crippen LogP) is 0.397. The van der Waals surface area contributed by atoms with Crippen LogP contribution >= 0.6 is 0 Å². The van der Waals surface area contributed by atoms with Gasteiger partial charge in [0, 0.05) is 12.4 Å². The zero-order valence-electron chi connectivity index (χ0n) is 8.70. The monoisotopic (exact) mass is 228 g/mol. The van der Waals surface area contributed by atoms with Gasteiger partial charge < -0.3 is 5.73 Å². The van der Waals surface area contributed by atoms with Crippen LogP contribution in [-0.4, -0.2) is 21.5 Å². The molecule has 17 heavy (non-hydrogen) atoms. The number of carbonyl (C=O) groups is 2. The number of hydrogen-bond acceptors (Lipinski definition) is 4. The molecule has 0 atom stereocenters. The average Bonchev–Trinajstić information content (AvgIpc) is 2.84. The fourth-order valence-electron chi connectivity index (χ4n) is 1.85. The van der Waals surface area contributed by atoms with Crippen molar-refractivity contribution in [3.63, 3.8) is 0 Å². The molecule has 1 aromatic carbocycles. The van der Waals surface area contributed by atoms with E-state index in [1.54, 1.807) is 24.3 Å². The highest BCUT2D eigenvalue weighted by Crippen LogP contribution is 2.22. The summed E-state index contributed by atoms with van der Waals surface area (Å²) in [6.07, 6.45) is 2.90. The molecule has 0 unspecified atom stereocenters. The minimum absolute atomic E-state index is 0.0968. The van der Waals surface area contributed by atoms with E-state index in [4.69, 9.17) is 5.73 Å². The Labute approximate surface area is 96.2 Å². The molecule has 2 heterocycles. The van der Waals surface area contributed by atoms with Crippen LogP contribution in [0.4, 0.5) is 5.95 Å². The van der Waals surface area contributed by atoms with E-state index < -0.39 is 11.8 Å². The number of anilines is 1. The zero-order valence-corrected chi connectivity index (χ0v) is 8.70. The molecule has 0 saturated carbocycles. The van der Waals surface area contributed by atoms with Crippen LogP contribution in [0.3, 0.4) is 0 Å². The normalized spacial score (nSPS) is 14.2. The van der Waals surface area contributed by atoms with Crippen molar-refractivity contribution in [2.75, 3.05) is 10.7 Å². The summed E-state index contributed by atoms with van der Waals surface area (Å²) in [4.78, 5) is 27.9. The molecule has 1 aliphatic rings. The topological polar surface area (TPSA) is 81.2 Å². The summed E-state index contributed by atoms with van der Waals surface area (Å²) < 4.78 is 1.24. The van der Waals surface area contributed by atoms with Gasteiger partial charge in [-0.25, -0.2) is 9.66 Å². The van der Waals surface area contributed by atoms with Crippen molar-refractivity contribution in [1.29, 1.82) is 0 Å². The lowest BCUT2D eigenvalue weighted by Gasteiger charge is -2.15. The van der Waals surface area contributed by atoms with Crippen LogP contribution in [0.2, 0.25) is 0 Å². The number of benzene rings is 1. The number of rotatable bonds is 1. The number of fused-ring (bicyclic) bond motifs is 1. The molecular formula is C11H8N4O2. The summed E-state index contributed by atoms with van der Waals surface area (Å²) in [7, 11) is 0. The standard InChI is InChI=1S/C11H8N4O2/c12-11-13-5-6-14(11)15-9(16)7-3-1-2-4-8(7)10(15)17/h1-6H,(H2,12,13). The first-order chi connectivity index (χ1) is 8.20.